The van der Waals surface area contributed by atoms with Crippen molar-refractivity contribution in [2.24, 2.45) is 0 Å². The van der Waals surface area contributed by atoms with Crippen molar-refractivity contribution in [2.45, 2.75) is 249 Å². The molecule has 0 bridgehead atoms. The highest BCUT2D eigenvalue weighted by Crippen LogP contribution is 2.22. The Hall–Kier alpha value is -1.59. The maximum atomic E-state index is 12.9. The third-order valence-corrected chi connectivity index (χ3v) is 11.2. The van der Waals surface area contributed by atoms with Crippen molar-refractivity contribution in [3.63, 3.8) is 0 Å². The lowest BCUT2D eigenvalue weighted by atomic mass is 9.99. The maximum Gasteiger partial charge on any atom is 0.220 e. The lowest BCUT2D eigenvalue weighted by molar-refractivity contribution is -0.302. The minimum Gasteiger partial charge on any atom is -0.394 e. The lowest BCUT2D eigenvalue weighted by Crippen LogP contribution is -2.60. The normalized spacial score (nSPS) is 21.3. The molecule has 0 spiro atoms. The molecule has 1 fully saturated rings. The van der Waals surface area contributed by atoms with E-state index in [4.69, 9.17) is 9.47 Å². The number of hydrogen-bond donors (Lipinski definition) is 6. The van der Waals surface area contributed by atoms with Gasteiger partial charge in [-0.2, -0.15) is 0 Å². The van der Waals surface area contributed by atoms with Gasteiger partial charge in [-0.15, -0.1) is 0 Å². The number of amides is 1. The van der Waals surface area contributed by atoms with Gasteiger partial charge in [-0.3, -0.25) is 4.79 Å². The summed E-state index contributed by atoms with van der Waals surface area (Å²) in [5.41, 5.74) is 0. The van der Waals surface area contributed by atoms with E-state index in [0.29, 0.717) is 6.42 Å². The molecule has 0 aromatic carbocycles. The summed E-state index contributed by atoms with van der Waals surface area (Å²) in [7, 11) is 0. The standard InChI is InChI=1S/C48H89NO8/c1-3-5-7-9-11-13-15-16-17-18-19-20-21-22-23-24-25-26-27-28-30-32-34-36-38-44(52)49-41(40-56-48-47(55)46(54)45(53)43(39-50)57-48)42(51)37-35-33-31-29-14-12-10-8-6-4-2/h14,22-23,29,35,37,41-43,45-48,50-51,53-55H,3-13,15-21,24-28,30-34,36,38-40H2,1-2H3,(H,49,52)/b23-22-,29-14+,37-35+. The van der Waals surface area contributed by atoms with Gasteiger partial charge in [0.05, 0.1) is 25.4 Å². The number of allylic oxidation sites excluding steroid dienone is 5. The van der Waals surface area contributed by atoms with Crippen LogP contribution < -0.4 is 5.32 Å². The fourth-order valence-electron chi connectivity index (χ4n) is 7.34. The highest BCUT2D eigenvalue weighted by molar-refractivity contribution is 5.76. The fraction of sp³-hybridized carbons (Fsp3) is 0.854. The van der Waals surface area contributed by atoms with Gasteiger partial charge in [0.1, 0.15) is 24.4 Å². The smallest absolute Gasteiger partial charge is 0.220 e. The van der Waals surface area contributed by atoms with E-state index >= 15 is 0 Å². The molecule has 0 radical (unpaired) electrons. The van der Waals surface area contributed by atoms with E-state index < -0.39 is 49.5 Å². The van der Waals surface area contributed by atoms with E-state index in [1.165, 1.54) is 148 Å². The fourth-order valence-corrected chi connectivity index (χ4v) is 7.34. The van der Waals surface area contributed by atoms with Crippen LogP contribution in [0.5, 0.6) is 0 Å². The molecule has 7 unspecified atom stereocenters. The number of aliphatic hydroxyl groups is 5. The van der Waals surface area contributed by atoms with Gasteiger partial charge >= 0.3 is 0 Å². The van der Waals surface area contributed by atoms with Crippen LogP contribution >= 0.6 is 0 Å². The molecule has 9 nitrogen and oxygen atoms in total. The van der Waals surface area contributed by atoms with Crippen LogP contribution in [0.4, 0.5) is 0 Å². The summed E-state index contributed by atoms with van der Waals surface area (Å²) in [6, 6.07) is -0.820. The molecule has 0 aromatic heterocycles. The number of aliphatic hydroxyl groups excluding tert-OH is 5. The minimum absolute atomic E-state index is 0.192. The maximum absolute atomic E-state index is 12.9. The number of carbonyl (C=O) groups excluding carboxylic acids is 1. The number of nitrogens with one attached hydrogen (secondary N) is 1. The first-order valence-electron chi connectivity index (χ1n) is 23.7. The third-order valence-electron chi connectivity index (χ3n) is 11.2. The molecule has 334 valence electrons. The lowest BCUT2D eigenvalue weighted by Gasteiger charge is -2.40. The van der Waals surface area contributed by atoms with E-state index in [0.717, 1.165) is 38.5 Å². The van der Waals surface area contributed by atoms with Crippen LogP contribution in [0.3, 0.4) is 0 Å². The van der Waals surface area contributed by atoms with Crippen LogP contribution in [-0.4, -0.2) is 87.5 Å². The van der Waals surface area contributed by atoms with Gasteiger partial charge in [-0.05, 0) is 57.8 Å². The zero-order valence-corrected chi connectivity index (χ0v) is 36.6. The van der Waals surface area contributed by atoms with Gasteiger partial charge in [0.2, 0.25) is 5.91 Å². The van der Waals surface area contributed by atoms with Gasteiger partial charge < -0.3 is 40.3 Å². The molecule has 1 saturated heterocycles. The number of ether oxygens (including phenoxy) is 2. The summed E-state index contributed by atoms with van der Waals surface area (Å²) < 4.78 is 11.2. The predicted molar refractivity (Wildman–Crippen MR) is 235 cm³/mol. The van der Waals surface area contributed by atoms with Crippen LogP contribution in [0.1, 0.15) is 206 Å². The second-order valence-electron chi connectivity index (χ2n) is 16.5. The first-order chi connectivity index (χ1) is 27.8. The van der Waals surface area contributed by atoms with Crippen molar-refractivity contribution in [2.75, 3.05) is 13.2 Å². The second-order valence-corrected chi connectivity index (χ2v) is 16.5. The van der Waals surface area contributed by atoms with Crippen LogP contribution in [0, 0.1) is 0 Å². The van der Waals surface area contributed by atoms with Gasteiger partial charge in [0.25, 0.3) is 0 Å². The Kier molecular flexibility index (Phi) is 36.2. The quantitative estimate of drug-likeness (QED) is 0.0266. The first kappa shape index (κ1) is 53.4. The number of carbonyl (C=O) groups is 1. The van der Waals surface area contributed by atoms with E-state index in [1.54, 1.807) is 6.08 Å². The van der Waals surface area contributed by atoms with Crippen LogP contribution in [0.25, 0.3) is 0 Å². The van der Waals surface area contributed by atoms with Crippen molar-refractivity contribution in [1.29, 1.82) is 0 Å². The average Bonchev–Trinajstić information content (AvgIpc) is 3.21. The second kappa shape index (κ2) is 38.6. The van der Waals surface area contributed by atoms with Gasteiger partial charge in [0, 0.05) is 6.42 Å². The molecule has 1 amide bonds. The van der Waals surface area contributed by atoms with Crippen LogP contribution in [0.15, 0.2) is 36.5 Å². The van der Waals surface area contributed by atoms with E-state index in [1.807, 2.05) is 6.08 Å². The predicted octanol–water partition coefficient (Wildman–Crippen LogP) is 10.1. The van der Waals surface area contributed by atoms with Crippen molar-refractivity contribution in [3.05, 3.63) is 36.5 Å². The summed E-state index contributed by atoms with van der Waals surface area (Å²) in [6.45, 7) is 3.72. The molecule has 1 rings (SSSR count). The molecule has 1 heterocycles. The minimum atomic E-state index is -1.57. The summed E-state index contributed by atoms with van der Waals surface area (Å²) in [4.78, 5) is 12.9. The SMILES string of the molecule is CCCCCC/C=C/CC/C=C/C(O)C(COC1OC(CO)C(O)C(O)C1O)NC(=O)CCCCCCCCCC/C=C\CCCCCCCCCCCCCC. The highest BCUT2D eigenvalue weighted by atomic mass is 16.7. The Labute approximate surface area is 349 Å². The van der Waals surface area contributed by atoms with Crippen LogP contribution in [0.2, 0.25) is 0 Å². The Morgan fingerprint density at radius 1 is 0.579 bits per heavy atom. The molecule has 7 atom stereocenters. The Balaban J connectivity index is 2.25. The van der Waals surface area contributed by atoms with Crippen molar-refractivity contribution < 1.29 is 39.8 Å². The van der Waals surface area contributed by atoms with Crippen molar-refractivity contribution >= 4 is 5.91 Å². The average molecular weight is 808 g/mol. The van der Waals surface area contributed by atoms with Crippen LogP contribution in [-0.2, 0) is 14.3 Å². The van der Waals surface area contributed by atoms with E-state index in [2.05, 4.69) is 43.5 Å². The van der Waals surface area contributed by atoms with Gasteiger partial charge in [0.15, 0.2) is 6.29 Å². The van der Waals surface area contributed by atoms with E-state index in [-0.39, 0.29) is 12.5 Å². The summed E-state index contributed by atoms with van der Waals surface area (Å²) >= 11 is 0. The summed E-state index contributed by atoms with van der Waals surface area (Å²) in [5, 5.41) is 54.0. The largest absolute Gasteiger partial charge is 0.394 e. The number of rotatable bonds is 39. The molecule has 57 heavy (non-hydrogen) atoms. The van der Waals surface area contributed by atoms with Gasteiger partial charge in [-0.1, -0.05) is 179 Å². The van der Waals surface area contributed by atoms with Gasteiger partial charge in [-0.25, -0.2) is 0 Å². The number of unbranched alkanes of at least 4 members (excludes halogenated alkanes) is 25. The Bertz CT molecular complexity index is 987. The zero-order chi connectivity index (χ0) is 41.6. The molecule has 9 heteroatoms. The molecular weight excluding hydrogens is 719 g/mol. The molecule has 0 saturated carbocycles. The van der Waals surface area contributed by atoms with E-state index in [9.17, 15) is 30.3 Å². The molecular formula is C48H89NO8. The molecule has 1 aliphatic heterocycles. The van der Waals surface area contributed by atoms with Crippen molar-refractivity contribution in [3.8, 4) is 0 Å². The summed E-state index contributed by atoms with van der Waals surface area (Å²) in [5.74, 6) is -0.192. The molecule has 0 aromatic rings. The topological polar surface area (TPSA) is 149 Å². The summed E-state index contributed by atoms with van der Waals surface area (Å²) in [6.07, 6.45) is 40.7. The Morgan fingerprint density at radius 2 is 1.00 bits per heavy atom. The monoisotopic (exact) mass is 808 g/mol. The Morgan fingerprint density at radius 3 is 1.49 bits per heavy atom. The van der Waals surface area contributed by atoms with Crippen molar-refractivity contribution in [1.82, 2.24) is 5.32 Å². The number of hydrogen-bond acceptors (Lipinski definition) is 8. The molecule has 6 N–H and O–H groups in total. The molecule has 1 aliphatic rings. The highest BCUT2D eigenvalue weighted by Gasteiger charge is 2.44. The zero-order valence-electron chi connectivity index (χ0n) is 36.6. The molecule has 0 aliphatic carbocycles. The first-order valence-corrected chi connectivity index (χ1v) is 23.7. The third kappa shape index (κ3) is 29.3.